The highest BCUT2D eigenvalue weighted by molar-refractivity contribution is 6.00. The van der Waals surface area contributed by atoms with Crippen LogP contribution in [0.2, 0.25) is 0 Å². The number of nitrogens with one attached hydrogen (secondary N) is 2. The number of H-pyrrole nitrogens is 1. The first kappa shape index (κ1) is 26.9. The van der Waals surface area contributed by atoms with Crippen LogP contribution in [0, 0.1) is 11.8 Å². The van der Waals surface area contributed by atoms with Crippen LogP contribution in [0.1, 0.15) is 40.5 Å². The first-order valence-corrected chi connectivity index (χ1v) is 13.9. The number of aromatic nitrogens is 5. The van der Waals surface area contributed by atoms with Crippen molar-refractivity contribution < 1.29 is 9.53 Å². The number of hydrogen-bond acceptors (Lipinski definition) is 7. The summed E-state index contributed by atoms with van der Waals surface area (Å²) in [6.45, 7) is 11.3. The first-order valence-electron chi connectivity index (χ1n) is 13.9. The fourth-order valence-electron chi connectivity index (χ4n) is 5.51. The van der Waals surface area contributed by atoms with E-state index in [1.807, 2.05) is 36.8 Å². The first-order chi connectivity index (χ1) is 18.7. The predicted octanol–water partition coefficient (Wildman–Crippen LogP) is 3.98. The molecule has 5 heterocycles. The zero-order chi connectivity index (χ0) is 27.7. The Kier molecular flexibility index (Phi) is 7.48. The summed E-state index contributed by atoms with van der Waals surface area (Å²) >= 11 is 0. The number of carbonyl (C=O) groups is 1. The summed E-state index contributed by atoms with van der Waals surface area (Å²) in [6.07, 6.45) is 7.37. The number of ether oxygens (including phenoxy) is 1. The maximum atomic E-state index is 13.0. The van der Waals surface area contributed by atoms with Gasteiger partial charge in [-0.15, -0.1) is 5.10 Å². The third-order valence-electron chi connectivity index (χ3n) is 7.94. The van der Waals surface area contributed by atoms with E-state index in [1.54, 1.807) is 6.20 Å². The van der Waals surface area contributed by atoms with Gasteiger partial charge in [0, 0.05) is 42.9 Å². The molecule has 0 radical (unpaired) electrons. The molecule has 0 bridgehead atoms. The van der Waals surface area contributed by atoms with Gasteiger partial charge in [0.1, 0.15) is 11.6 Å². The zero-order valence-corrected chi connectivity index (χ0v) is 23.9. The van der Waals surface area contributed by atoms with Gasteiger partial charge in [-0.2, -0.15) is 5.10 Å². The summed E-state index contributed by atoms with van der Waals surface area (Å²) in [5.74, 6) is 2.15. The molecule has 0 aliphatic carbocycles. The van der Waals surface area contributed by atoms with Crippen molar-refractivity contribution in [2.45, 2.75) is 46.1 Å². The number of hydrogen-bond donors (Lipinski definition) is 2. The van der Waals surface area contributed by atoms with E-state index in [-0.39, 0.29) is 17.4 Å². The Morgan fingerprint density at radius 2 is 1.97 bits per heavy atom. The van der Waals surface area contributed by atoms with Crippen molar-refractivity contribution >= 4 is 28.3 Å². The van der Waals surface area contributed by atoms with Crippen molar-refractivity contribution in [1.82, 2.24) is 35.0 Å². The van der Waals surface area contributed by atoms with Gasteiger partial charge >= 0.3 is 0 Å². The Morgan fingerprint density at radius 3 is 2.62 bits per heavy atom. The predicted molar refractivity (Wildman–Crippen MR) is 154 cm³/mol. The highest BCUT2D eigenvalue weighted by Gasteiger charge is 2.38. The van der Waals surface area contributed by atoms with Crippen molar-refractivity contribution in [2.75, 3.05) is 45.2 Å². The van der Waals surface area contributed by atoms with E-state index in [0.29, 0.717) is 12.5 Å². The second-order valence-electron chi connectivity index (χ2n) is 11.4. The maximum Gasteiger partial charge on any atom is 0.223 e. The Hall–Kier alpha value is -3.66. The van der Waals surface area contributed by atoms with E-state index >= 15 is 0 Å². The van der Waals surface area contributed by atoms with Crippen molar-refractivity contribution in [1.29, 1.82) is 0 Å². The summed E-state index contributed by atoms with van der Waals surface area (Å²) in [4.78, 5) is 22.3. The van der Waals surface area contributed by atoms with E-state index in [4.69, 9.17) is 9.72 Å². The highest BCUT2D eigenvalue weighted by Crippen LogP contribution is 2.34. The van der Waals surface area contributed by atoms with Crippen LogP contribution in [-0.4, -0.2) is 81.5 Å². The Bertz CT molecular complexity index is 1430. The van der Waals surface area contributed by atoms with Crippen molar-refractivity contribution in [2.24, 2.45) is 11.8 Å². The number of carbonyl (C=O) groups excluding carboxylic acids is 1. The van der Waals surface area contributed by atoms with Crippen LogP contribution in [0.4, 0.5) is 5.82 Å². The summed E-state index contributed by atoms with van der Waals surface area (Å²) in [7, 11) is 4.14. The summed E-state index contributed by atoms with van der Waals surface area (Å²) in [5.41, 5.74) is 3.45. The van der Waals surface area contributed by atoms with Crippen LogP contribution in [-0.2, 0) is 4.79 Å². The molecule has 4 aromatic rings. The van der Waals surface area contributed by atoms with E-state index in [9.17, 15) is 4.79 Å². The van der Waals surface area contributed by atoms with Crippen LogP contribution in [0.25, 0.3) is 27.7 Å². The Morgan fingerprint density at radius 1 is 1.21 bits per heavy atom. The fourth-order valence-corrected chi connectivity index (χ4v) is 5.51. The van der Waals surface area contributed by atoms with Gasteiger partial charge in [0.15, 0.2) is 5.65 Å². The Balaban J connectivity index is 1.37. The highest BCUT2D eigenvalue weighted by atomic mass is 16.5. The SMILES string of the molecule is CCOc1cc(-c2ccc(N3CCC(CN(C)C)(NC(=O)C(C)C(C)C)CC3)nc2)c2c3cn[nH]c3nn2c1. The van der Waals surface area contributed by atoms with Gasteiger partial charge in [0.25, 0.3) is 0 Å². The summed E-state index contributed by atoms with van der Waals surface area (Å²) < 4.78 is 7.67. The lowest BCUT2D eigenvalue weighted by Gasteiger charge is -2.44. The number of aromatic amines is 1. The molecule has 4 aromatic heterocycles. The minimum atomic E-state index is -0.233. The van der Waals surface area contributed by atoms with Gasteiger partial charge in [-0.3, -0.25) is 9.89 Å². The van der Waals surface area contributed by atoms with E-state index < -0.39 is 0 Å². The fraction of sp³-hybridized carbons (Fsp3) is 0.517. The standard InChI is InChI=1S/C29H40N8O2/c1-7-39-22-14-23(26-24-16-31-33-27(24)34-37(26)17-22)21-8-9-25(30-15-21)36-12-10-29(11-13-36,18-35(5)6)32-28(38)20(4)19(2)3/h8-9,14-17,19-20H,7,10-13,18H2,1-6H3,(H,32,38)(H,33,34). The summed E-state index contributed by atoms with van der Waals surface area (Å²) in [6, 6.07) is 6.24. The molecule has 0 spiro atoms. The minimum Gasteiger partial charge on any atom is -0.492 e. The Labute approximate surface area is 229 Å². The molecule has 1 fully saturated rings. The molecule has 2 N–H and O–H groups in total. The molecule has 39 heavy (non-hydrogen) atoms. The maximum absolute atomic E-state index is 13.0. The number of amides is 1. The average Bonchev–Trinajstić information content (AvgIpc) is 3.49. The van der Waals surface area contributed by atoms with Crippen molar-refractivity contribution in [3.63, 3.8) is 0 Å². The van der Waals surface area contributed by atoms with Gasteiger partial charge in [0.2, 0.25) is 5.91 Å². The number of nitrogens with zero attached hydrogens (tertiary/aromatic N) is 6. The smallest absolute Gasteiger partial charge is 0.223 e. The van der Waals surface area contributed by atoms with Crippen LogP contribution in [0.15, 0.2) is 36.8 Å². The second-order valence-corrected chi connectivity index (χ2v) is 11.4. The van der Waals surface area contributed by atoms with Gasteiger partial charge in [-0.05, 0) is 58.0 Å². The van der Waals surface area contributed by atoms with E-state index in [1.165, 1.54) is 0 Å². The number of likely N-dealkylation sites (N-methyl/N-ethyl adjacent to an activating group) is 1. The quantitative estimate of drug-likeness (QED) is 0.336. The van der Waals surface area contributed by atoms with E-state index in [0.717, 1.165) is 71.7 Å². The lowest BCUT2D eigenvalue weighted by Crippen LogP contribution is -2.61. The molecule has 0 saturated carbocycles. The molecular weight excluding hydrogens is 492 g/mol. The number of pyridine rings is 2. The van der Waals surface area contributed by atoms with Crippen LogP contribution >= 0.6 is 0 Å². The zero-order valence-electron chi connectivity index (χ0n) is 23.9. The average molecular weight is 533 g/mol. The number of anilines is 1. The molecule has 5 rings (SSSR count). The molecule has 1 aliphatic rings. The molecule has 1 amide bonds. The van der Waals surface area contributed by atoms with Gasteiger partial charge < -0.3 is 19.9 Å². The van der Waals surface area contributed by atoms with Crippen LogP contribution in [0.3, 0.4) is 0 Å². The third-order valence-corrected chi connectivity index (χ3v) is 7.94. The lowest BCUT2D eigenvalue weighted by atomic mass is 9.85. The van der Waals surface area contributed by atoms with Gasteiger partial charge in [-0.1, -0.05) is 20.8 Å². The molecule has 1 saturated heterocycles. The van der Waals surface area contributed by atoms with Gasteiger partial charge in [0.05, 0.1) is 35.4 Å². The lowest BCUT2D eigenvalue weighted by molar-refractivity contribution is -0.128. The number of fused-ring (bicyclic) bond motifs is 3. The largest absolute Gasteiger partial charge is 0.492 e. The van der Waals surface area contributed by atoms with Gasteiger partial charge in [-0.25, -0.2) is 9.50 Å². The molecule has 1 atom stereocenters. The minimum absolute atomic E-state index is 0.0111. The molecule has 10 nitrogen and oxygen atoms in total. The summed E-state index contributed by atoms with van der Waals surface area (Å²) in [5, 5.41) is 16.1. The molecule has 1 unspecified atom stereocenters. The monoisotopic (exact) mass is 532 g/mol. The molecule has 208 valence electrons. The molecular formula is C29H40N8O2. The van der Waals surface area contributed by atoms with Crippen LogP contribution < -0.4 is 15.0 Å². The number of rotatable bonds is 9. The van der Waals surface area contributed by atoms with Crippen molar-refractivity contribution in [3.8, 4) is 16.9 Å². The number of piperidine rings is 1. The van der Waals surface area contributed by atoms with Crippen molar-refractivity contribution in [3.05, 3.63) is 36.8 Å². The molecule has 10 heteroatoms. The topological polar surface area (TPSA) is 104 Å². The normalized spacial score (nSPS) is 16.4. The molecule has 0 aromatic carbocycles. The second kappa shape index (κ2) is 10.8. The van der Waals surface area contributed by atoms with Crippen LogP contribution in [0.5, 0.6) is 5.75 Å². The molecule has 1 aliphatic heterocycles. The third kappa shape index (κ3) is 5.43. The van der Waals surface area contributed by atoms with E-state index in [2.05, 4.69) is 70.5 Å².